The average molecular weight is 314 g/mol. The number of aliphatic hydroxyl groups excluding tert-OH is 1. The SMILES string of the molecule is CN(CCO)C(=O)NCc1ccc(COc2ccccc2)cc1. The first kappa shape index (κ1) is 16.8. The molecule has 0 saturated carbocycles. The van der Waals surface area contributed by atoms with E-state index in [0.29, 0.717) is 19.7 Å². The Morgan fingerprint density at radius 1 is 1.09 bits per heavy atom. The molecule has 2 aromatic rings. The third-order valence-electron chi connectivity index (χ3n) is 3.40. The van der Waals surface area contributed by atoms with Gasteiger partial charge in [0.1, 0.15) is 12.4 Å². The van der Waals surface area contributed by atoms with Gasteiger partial charge in [-0.25, -0.2) is 4.79 Å². The van der Waals surface area contributed by atoms with Crippen LogP contribution in [0.3, 0.4) is 0 Å². The van der Waals surface area contributed by atoms with E-state index >= 15 is 0 Å². The maximum atomic E-state index is 11.7. The largest absolute Gasteiger partial charge is 0.489 e. The van der Waals surface area contributed by atoms with Crippen LogP contribution in [0, 0.1) is 0 Å². The fourth-order valence-corrected chi connectivity index (χ4v) is 2.00. The van der Waals surface area contributed by atoms with Crippen LogP contribution in [0.25, 0.3) is 0 Å². The number of likely N-dealkylation sites (N-methyl/N-ethyl adjacent to an activating group) is 1. The lowest BCUT2D eigenvalue weighted by atomic mass is 10.1. The Kier molecular flexibility index (Phi) is 6.44. The Balaban J connectivity index is 1.79. The molecule has 5 heteroatoms. The highest BCUT2D eigenvalue weighted by molar-refractivity contribution is 5.73. The summed E-state index contributed by atoms with van der Waals surface area (Å²) >= 11 is 0. The maximum absolute atomic E-state index is 11.7. The number of benzene rings is 2. The van der Waals surface area contributed by atoms with Crippen LogP contribution < -0.4 is 10.1 Å². The van der Waals surface area contributed by atoms with Gasteiger partial charge in [-0.2, -0.15) is 0 Å². The van der Waals surface area contributed by atoms with Crippen molar-refractivity contribution in [2.24, 2.45) is 0 Å². The Morgan fingerprint density at radius 3 is 2.39 bits per heavy atom. The highest BCUT2D eigenvalue weighted by Crippen LogP contribution is 2.12. The van der Waals surface area contributed by atoms with Crippen LogP contribution in [-0.2, 0) is 13.2 Å². The van der Waals surface area contributed by atoms with Gasteiger partial charge in [0.25, 0.3) is 0 Å². The fourth-order valence-electron chi connectivity index (χ4n) is 2.00. The van der Waals surface area contributed by atoms with Crippen molar-refractivity contribution in [2.75, 3.05) is 20.2 Å². The van der Waals surface area contributed by atoms with E-state index in [-0.39, 0.29) is 12.6 Å². The summed E-state index contributed by atoms with van der Waals surface area (Å²) in [6.45, 7) is 1.24. The molecule has 2 rings (SSSR count). The van der Waals surface area contributed by atoms with Gasteiger partial charge in [-0.15, -0.1) is 0 Å². The summed E-state index contributed by atoms with van der Waals surface area (Å²) in [6.07, 6.45) is 0. The molecule has 0 aliphatic heterocycles. The summed E-state index contributed by atoms with van der Waals surface area (Å²) in [5, 5.41) is 11.6. The van der Waals surface area contributed by atoms with Crippen molar-refractivity contribution in [1.82, 2.24) is 10.2 Å². The zero-order valence-corrected chi connectivity index (χ0v) is 13.2. The lowest BCUT2D eigenvalue weighted by Crippen LogP contribution is -2.38. The number of para-hydroxylation sites is 1. The van der Waals surface area contributed by atoms with Crippen LogP contribution in [0.1, 0.15) is 11.1 Å². The first-order valence-electron chi connectivity index (χ1n) is 7.54. The molecule has 122 valence electrons. The minimum atomic E-state index is -0.199. The summed E-state index contributed by atoms with van der Waals surface area (Å²) in [5.74, 6) is 0.843. The number of ether oxygens (including phenoxy) is 1. The first-order valence-corrected chi connectivity index (χ1v) is 7.54. The molecule has 0 heterocycles. The van der Waals surface area contributed by atoms with Crippen LogP contribution in [-0.4, -0.2) is 36.2 Å². The molecule has 2 N–H and O–H groups in total. The number of hydrogen-bond donors (Lipinski definition) is 2. The molecule has 0 bridgehead atoms. The van der Waals surface area contributed by atoms with Gasteiger partial charge in [-0.1, -0.05) is 42.5 Å². The van der Waals surface area contributed by atoms with E-state index in [9.17, 15) is 4.79 Å². The number of carbonyl (C=O) groups excluding carboxylic acids is 1. The van der Waals surface area contributed by atoms with E-state index < -0.39 is 0 Å². The zero-order chi connectivity index (χ0) is 16.5. The van der Waals surface area contributed by atoms with E-state index in [0.717, 1.165) is 16.9 Å². The second kappa shape index (κ2) is 8.80. The maximum Gasteiger partial charge on any atom is 0.317 e. The number of nitrogens with one attached hydrogen (secondary N) is 1. The first-order chi connectivity index (χ1) is 11.2. The Morgan fingerprint density at radius 2 is 1.74 bits per heavy atom. The van der Waals surface area contributed by atoms with Crippen molar-refractivity contribution in [3.05, 3.63) is 65.7 Å². The van der Waals surface area contributed by atoms with Crippen molar-refractivity contribution in [3.63, 3.8) is 0 Å². The van der Waals surface area contributed by atoms with Gasteiger partial charge >= 0.3 is 6.03 Å². The normalized spacial score (nSPS) is 10.2. The summed E-state index contributed by atoms with van der Waals surface area (Å²) in [4.78, 5) is 13.2. The van der Waals surface area contributed by atoms with Gasteiger partial charge in [0.15, 0.2) is 0 Å². The lowest BCUT2D eigenvalue weighted by Gasteiger charge is -2.16. The lowest BCUT2D eigenvalue weighted by molar-refractivity contribution is 0.190. The van der Waals surface area contributed by atoms with Crippen LogP contribution in [0.5, 0.6) is 5.75 Å². The predicted molar refractivity (Wildman–Crippen MR) is 89.2 cm³/mol. The minimum Gasteiger partial charge on any atom is -0.489 e. The fraction of sp³-hybridized carbons (Fsp3) is 0.278. The van der Waals surface area contributed by atoms with E-state index in [1.807, 2.05) is 54.6 Å². The predicted octanol–water partition coefficient (Wildman–Crippen LogP) is 2.40. The van der Waals surface area contributed by atoms with Crippen molar-refractivity contribution in [2.45, 2.75) is 13.2 Å². The molecule has 5 nitrogen and oxygen atoms in total. The highest BCUT2D eigenvalue weighted by atomic mass is 16.5. The van der Waals surface area contributed by atoms with Crippen molar-refractivity contribution < 1.29 is 14.6 Å². The topological polar surface area (TPSA) is 61.8 Å². The van der Waals surface area contributed by atoms with E-state index in [1.54, 1.807) is 7.05 Å². The zero-order valence-electron chi connectivity index (χ0n) is 13.2. The van der Waals surface area contributed by atoms with Crippen molar-refractivity contribution in [3.8, 4) is 5.75 Å². The third-order valence-corrected chi connectivity index (χ3v) is 3.40. The van der Waals surface area contributed by atoms with Gasteiger partial charge in [0.2, 0.25) is 0 Å². The van der Waals surface area contributed by atoms with Gasteiger partial charge < -0.3 is 20.1 Å². The smallest absolute Gasteiger partial charge is 0.317 e. The molecule has 0 atom stereocenters. The van der Waals surface area contributed by atoms with Gasteiger partial charge in [0.05, 0.1) is 6.61 Å². The quantitative estimate of drug-likeness (QED) is 0.825. The number of nitrogens with zero attached hydrogens (tertiary/aromatic N) is 1. The molecule has 0 aliphatic rings. The van der Waals surface area contributed by atoms with Gasteiger partial charge in [0, 0.05) is 20.1 Å². The molecule has 0 aromatic heterocycles. The average Bonchev–Trinajstić information content (AvgIpc) is 2.60. The molecule has 0 saturated heterocycles. The van der Waals surface area contributed by atoms with Crippen LogP contribution in [0.15, 0.2) is 54.6 Å². The van der Waals surface area contributed by atoms with E-state index in [2.05, 4.69) is 5.32 Å². The number of urea groups is 1. The van der Waals surface area contributed by atoms with E-state index in [4.69, 9.17) is 9.84 Å². The number of carbonyl (C=O) groups is 1. The summed E-state index contributed by atoms with van der Waals surface area (Å²) in [5.41, 5.74) is 2.08. The molecule has 23 heavy (non-hydrogen) atoms. The molecule has 0 radical (unpaired) electrons. The second-order valence-corrected chi connectivity index (χ2v) is 5.22. The molecule has 0 aliphatic carbocycles. The summed E-state index contributed by atoms with van der Waals surface area (Å²) < 4.78 is 5.69. The Bertz CT molecular complexity index is 599. The molecular weight excluding hydrogens is 292 g/mol. The molecule has 0 spiro atoms. The second-order valence-electron chi connectivity index (χ2n) is 5.22. The molecular formula is C18H22N2O3. The van der Waals surface area contributed by atoms with Gasteiger partial charge in [-0.05, 0) is 23.3 Å². The van der Waals surface area contributed by atoms with Crippen LogP contribution >= 0.6 is 0 Å². The van der Waals surface area contributed by atoms with Crippen molar-refractivity contribution >= 4 is 6.03 Å². The van der Waals surface area contributed by atoms with Crippen molar-refractivity contribution in [1.29, 1.82) is 0 Å². The van der Waals surface area contributed by atoms with Gasteiger partial charge in [-0.3, -0.25) is 0 Å². The molecule has 2 aromatic carbocycles. The number of hydrogen-bond acceptors (Lipinski definition) is 3. The molecule has 0 fully saturated rings. The number of rotatable bonds is 7. The number of amides is 2. The summed E-state index contributed by atoms with van der Waals surface area (Å²) in [6, 6.07) is 17.4. The van der Waals surface area contributed by atoms with Crippen LogP contribution in [0.4, 0.5) is 4.79 Å². The van der Waals surface area contributed by atoms with E-state index in [1.165, 1.54) is 4.90 Å². The monoisotopic (exact) mass is 314 g/mol. The van der Waals surface area contributed by atoms with Crippen LogP contribution in [0.2, 0.25) is 0 Å². The minimum absolute atomic E-state index is 0.0416. The Labute approximate surface area is 136 Å². The molecule has 2 amide bonds. The highest BCUT2D eigenvalue weighted by Gasteiger charge is 2.06. The Hall–Kier alpha value is -2.53. The summed E-state index contributed by atoms with van der Waals surface area (Å²) in [7, 11) is 1.65. The number of aliphatic hydroxyl groups is 1. The standard InChI is InChI=1S/C18H22N2O3/c1-20(11-12-21)18(22)19-13-15-7-9-16(10-8-15)14-23-17-5-3-2-4-6-17/h2-10,21H,11-14H2,1H3,(H,19,22). The third kappa shape index (κ3) is 5.64. The molecule has 0 unspecified atom stereocenters.